The van der Waals surface area contributed by atoms with Crippen molar-refractivity contribution in [1.29, 1.82) is 0 Å². The Bertz CT molecular complexity index is 462. The van der Waals surface area contributed by atoms with Crippen molar-refractivity contribution in [3.63, 3.8) is 0 Å². The molecule has 1 heterocycles. The van der Waals surface area contributed by atoms with Gasteiger partial charge in [0.15, 0.2) is 5.78 Å². The van der Waals surface area contributed by atoms with Crippen molar-refractivity contribution in [3.05, 3.63) is 23.8 Å². The minimum absolute atomic E-state index is 0.0331. The van der Waals surface area contributed by atoms with Gasteiger partial charge in [-0.3, -0.25) is 9.69 Å². The summed E-state index contributed by atoms with van der Waals surface area (Å²) < 4.78 is 0. The molecule has 4 heteroatoms. The Morgan fingerprint density at radius 3 is 2.47 bits per heavy atom. The number of phenolic OH excluding ortho intramolecular Hbond substituents is 2. The Kier molecular flexibility index (Phi) is 4.10. The summed E-state index contributed by atoms with van der Waals surface area (Å²) in [4.78, 5) is 14.3. The van der Waals surface area contributed by atoms with Gasteiger partial charge in [-0.15, -0.1) is 0 Å². The fourth-order valence-corrected chi connectivity index (χ4v) is 2.97. The average molecular weight is 263 g/mol. The maximum absolute atomic E-state index is 12.2. The predicted molar refractivity (Wildman–Crippen MR) is 73.5 cm³/mol. The lowest BCUT2D eigenvalue weighted by molar-refractivity contribution is 0.0847. The third-order valence-electron chi connectivity index (χ3n) is 3.59. The second-order valence-corrected chi connectivity index (χ2v) is 5.76. The van der Waals surface area contributed by atoms with Crippen molar-refractivity contribution >= 4 is 5.78 Å². The smallest absolute Gasteiger partial charge is 0.180 e. The van der Waals surface area contributed by atoms with E-state index in [1.165, 1.54) is 24.6 Å². The van der Waals surface area contributed by atoms with Gasteiger partial charge >= 0.3 is 0 Å². The molecule has 2 atom stereocenters. The number of rotatable bonds is 3. The van der Waals surface area contributed by atoms with Gasteiger partial charge in [0.05, 0.1) is 12.1 Å². The Labute approximate surface area is 113 Å². The molecule has 0 saturated carbocycles. The van der Waals surface area contributed by atoms with Crippen molar-refractivity contribution < 1.29 is 15.0 Å². The minimum Gasteiger partial charge on any atom is -0.508 e. The Morgan fingerprint density at radius 1 is 1.26 bits per heavy atom. The van der Waals surface area contributed by atoms with Gasteiger partial charge in [-0.2, -0.15) is 0 Å². The van der Waals surface area contributed by atoms with E-state index in [0.29, 0.717) is 18.4 Å². The van der Waals surface area contributed by atoms with E-state index in [-0.39, 0.29) is 22.8 Å². The summed E-state index contributed by atoms with van der Waals surface area (Å²) in [6.07, 6.45) is 1.20. The number of phenols is 2. The van der Waals surface area contributed by atoms with E-state index in [2.05, 4.69) is 18.7 Å². The Morgan fingerprint density at radius 2 is 1.89 bits per heavy atom. The van der Waals surface area contributed by atoms with Crippen molar-refractivity contribution in [3.8, 4) is 11.5 Å². The Balaban J connectivity index is 2.04. The fourth-order valence-electron chi connectivity index (χ4n) is 2.97. The number of likely N-dealkylation sites (tertiary alicyclic amines) is 1. The van der Waals surface area contributed by atoms with Gasteiger partial charge in [0.2, 0.25) is 0 Å². The number of Topliss-reactive ketones (excluding diaryl/α,β-unsaturated/α-hetero) is 1. The summed E-state index contributed by atoms with van der Waals surface area (Å²) in [5.41, 5.74) is 0.281. The first-order chi connectivity index (χ1) is 8.95. The summed E-state index contributed by atoms with van der Waals surface area (Å²) in [6, 6.07) is 4.10. The van der Waals surface area contributed by atoms with Crippen LogP contribution in [0.1, 0.15) is 30.6 Å². The van der Waals surface area contributed by atoms with E-state index in [0.717, 1.165) is 13.1 Å². The van der Waals surface area contributed by atoms with Crippen LogP contribution in [0.15, 0.2) is 18.2 Å². The van der Waals surface area contributed by atoms with Crippen LogP contribution in [0.2, 0.25) is 0 Å². The maximum Gasteiger partial charge on any atom is 0.180 e. The van der Waals surface area contributed by atoms with Crippen LogP contribution in [0.4, 0.5) is 0 Å². The van der Waals surface area contributed by atoms with Gasteiger partial charge in [-0.05, 0) is 30.4 Å². The van der Waals surface area contributed by atoms with Gasteiger partial charge in [0.1, 0.15) is 11.5 Å². The van der Waals surface area contributed by atoms with E-state index in [1.54, 1.807) is 0 Å². The average Bonchev–Trinajstić information content (AvgIpc) is 2.26. The topological polar surface area (TPSA) is 60.8 Å². The molecule has 104 valence electrons. The van der Waals surface area contributed by atoms with Crippen LogP contribution >= 0.6 is 0 Å². The molecule has 0 aromatic heterocycles. The van der Waals surface area contributed by atoms with Crippen LogP contribution in [-0.2, 0) is 0 Å². The van der Waals surface area contributed by atoms with Crippen LogP contribution in [0.3, 0.4) is 0 Å². The number of carbonyl (C=O) groups is 1. The molecule has 1 aromatic carbocycles. The summed E-state index contributed by atoms with van der Waals surface area (Å²) in [6.45, 7) is 6.58. The van der Waals surface area contributed by atoms with Gasteiger partial charge in [-0.25, -0.2) is 0 Å². The predicted octanol–water partition coefficient (Wildman–Crippen LogP) is 2.26. The van der Waals surface area contributed by atoms with Gasteiger partial charge < -0.3 is 10.2 Å². The van der Waals surface area contributed by atoms with E-state index in [4.69, 9.17) is 0 Å². The van der Waals surface area contributed by atoms with E-state index in [9.17, 15) is 15.0 Å². The summed E-state index contributed by atoms with van der Waals surface area (Å²) >= 11 is 0. The third kappa shape index (κ3) is 3.47. The number of hydrogen-bond acceptors (Lipinski definition) is 4. The maximum atomic E-state index is 12.2. The molecular weight excluding hydrogens is 242 g/mol. The summed E-state index contributed by atoms with van der Waals surface area (Å²) in [7, 11) is 0. The molecule has 0 spiro atoms. The zero-order valence-electron chi connectivity index (χ0n) is 11.5. The molecule has 4 nitrogen and oxygen atoms in total. The molecule has 19 heavy (non-hydrogen) atoms. The molecule has 1 saturated heterocycles. The van der Waals surface area contributed by atoms with E-state index in [1.807, 2.05) is 0 Å². The molecule has 0 aliphatic carbocycles. The number of hydrogen-bond donors (Lipinski definition) is 2. The lowest BCUT2D eigenvalue weighted by Gasteiger charge is -2.34. The normalized spacial score (nSPS) is 24.3. The van der Waals surface area contributed by atoms with Crippen LogP contribution in [0.5, 0.6) is 11.5 Å². The number of aromatic hydroxyl groups is 2. The zero-order chi connectivity index (χ0) is 14.0. The number of carbonyl (C=O) groups excluding carboxylic acids is 1. The number of piperidine rings is 1. The highest BCUT2D eigenvalue weighted by Crippen LogP contribution is 2.25. The first kappa shape index (κ1) is 13.9. The highest BCUT2D eigenvalue weighted by atomic mass is 16.3. The molecule has 2 rings (SSSR count). The third-order valence-corrected chi connectivity index (χ3v) is 3.59. The molecule has 1 aliphatic heterocycles. The van der Waals surface area contributed by atoms with Crippen LogP contribution in [-0.4, -0.2) is 40.5 Å². The lowest BCUT2D eigenvalue weighted by Crippen LogP contribution is -2.41. The first-order valence-corrected chi connectivity index (χ1v) is 6.73. The second-order valence-electron chi connectivity index (χ2n) is 5.76. The SMILES string of the molecule is CC1CC(C)CN(CC(=O)c2ccc(O)cc2O)C1. The standard InChI is InChI=1S/C15H21NO3/c1-10-5-11(2)8-16(7-10)9-15(19)13-4-3-12(17)6-14(13)18/h3-4,6,10-11,17-18H,5,7-9H2,1-2H3. The van der Waals surface area contributed by atoms with Crippen molar-refractivity contribution in [1.82, 2.24) is 4.90 Å². The lowest BCUT2D eigenvalue weighted by atomic mass is 9.91. The van der Waals surface area contributed by atoms with Crippen molar-refractivity contribution in [2.45, 2.75) is 20.3 Å². The monoisotopic (exact) mass is 263 g/mol. The number of benzene rings is 1. The molecule has 0 bridgehead atoms. The second kappa shape index (κ2) is 5.61. The van der Waals surface area contributed by atoms with E-state index >= 15 is 0 Å². The highest BCUT2D eigenvalue weighted by Gasteiger charge is 2.24. The zero-order valence-corrected chi connectivity index (χ0v) is 11.5. The quantitative estimate of drug-likeness (QED) is 0.821. The molecular formula is C15H21NO3. The molecule has 1 aromatic rings. The number of ketones is 1. The largest absolute Gasteiger partial charge is 0.508 e. The summed E-state index contributed by atoms with van der Waals surface area (Å²) in [5, 5.41) is 18.9. The first-order valence-electron chi connectivity index (χ1n) is 6.73. The molecule has 1 aliphatic rings. The van der Waals surface area contributed by atoms with Crippen molar-refractivity contribution in [2.75, 3.05) is 19.6 Å². The minimum atomic E-state index is -0.150. The summed E-state index contributed by atoms with van der Waals surface area (Å²) in [5.74, 6) is 0.922. The molecule has 0 radical (unpaired) electrons. The Hall–Kier alpha value is -1.55. The number of nitrogens with zero attached hydrogens (tertiary/aromatic N) is 1. The van der Waals surface area contributed by atoms with Crippen LogP contribution in [0.25, 0.3) is 0 Å². The molecule has 1 fully saturated rings. The molecule has 0 amide bonds. The molecule has 2 unspecified atom stereocenters. The molecule has 2 N–H and O–H groups in total. The highest BCUT2D eigenvalue weighted by molar-refractivity contribution is 6.00. The van der Waals surface area contributed by atoms with Crippen LogP contribution < -0.4 is 0 Å². The van der Waals surface area contributed by atoms with Crippen molar-refractivity contribution in [2.24, 2.45) is 11.8 Å². The fraction of sp³-hybridized carbons (Fsp3) is 0.533. The van der Waals surface area contributed by atoms with E-state index < -0.39 is 0 Å². The van der Waals surface area contributed by atoms with Gasteiger partial charge in [-0.1, -0.05) is 13.8 Å². The van der Waals surface area contributed by atoms with Crippen LogP contribution in [0, 0.1) is 11.8 Å². The van der Waals surface area contributed by atoms with Gasteiger partial charge in [0.25, 0.3) is 0 Å². The van der Waals surface area contributed by atoms with Gasteiger partial charge in [0, 0.05) is 19.2 Å².